The summed E-state index contributed by atoms with van der Waals surface area (Å²) in [6.45, 7) is 3.77. The average molecular weight is 441 g/mol. The van der Waals surface area contributed by atoms with Crippen molar-refractivity contribution >= 4 is 11.9 Å². The summed E-state index contributed by atoms with van der Waals surface area (Å²) in [6, 6.07) is 15.4. The molecule has 3 heterocycles. The Morgan fingerprint density at radius 2 is 1.79 bits per heavy atom. The van der Waals surface area contributed by atoms with Crippen molar-refractivity contribution in [2.24, 2.45) is 0 Å². The van der Waals surface area contributed by atoms with Crippen molar-refractivity contribution in [3.8, 4) is 22.5 Å². The molecule has 1 atom stereocenters. The van der Waals surface area contributed by atoms with Crippen LogP contribution < -0.4 is 10.9 Å². The third kappa shape index (κ3) is 3.71. The van der Waals surface area contributed by atoms with E-state index in [4.69, 9.17) is 0 Å². The molecule has 9 heteroatoms. The van der Waals surface area contributed by atoms with Crippen LogP contribution in [0.1, 0.15) is 43.1 Å². The van der Waals surface area contributed by atoms with Gasteiger partial charge in [-0.3, -0.25) is 19.5 Å². The third-order valence-electron chi connectivity index (χ3n) is 5.94. The maximum absolute atomic E-state index is 13.3. The van der Waals surface area contributed by atoms with Gasteiger partial charge in [0, 0.05) is 17.5 Å². The van der Waals surface area contributed by atoms with Gasteiger partial charge >= 0.3 is 0 Å². The molecule has 1 aliphatic rings. The molecule has 0 radical (unpaired) electrons. The van der Waals surface area contributed by atoms with Gasteiger partial charge < -0.3 is 0 Å². The molecule has 0 saturated heterocycles. The van der Waals surface area contributed by atoms with Crippen LogP contribution in [0.3, 0.4) is 0 Å². The van der Waals surface area contributed by atoms with Gasteiger partial charge in [0.25, 0.3) is 5.56 Å². The number of rotatable bonds is 6. The Morgan fingerprint density at radius 3 is 2.48 bits per heavy atom. The zero-order valence-corrected chi connectivity index (χ0v) is 18.4. The lowest BCUT2D eigenvalue weighted by atomic mass is 9.96. The summed E-state index contributed by atoms with van der Waals surface area (Å²) in [5.41, 5.74) is 5.13. The molecule has 0 bridgehead atoms. The van der Waals surface area contributed by atoms with Crippen LogP contribution in [0.15, 0.2) is 53.3 Å². The minimum Gasteiger partial charge on any atom is -0.294 e. The number of anilines is 1. The standard InChI is InChI=1S/C24H23N7O2/c1-3-6-20-19(23(33)31-14(2)22(32)26-24(31)25-20)13-15-9-11-16(12-10-15)17-7-4-5-8-18(17)21-27-29-30-28-21/h4-5,7-12,14H,3,6,13H2,1-2H3,(H,25,26,32)(H,27,28,29,30). The Kier molecular flexibility index (Phi) is 5.29. The Labute approximate surface area is 189 Å². The van der Waals surface area contributed by atoms with Crippen molar-refractivity contribution in [3.05, 3.63) is 75.7 Å². The highest BCUT2D eigenvalue weighted by molar-refractivity contribution is 5.95. The fourth-order valence-electron chi connectivity index (χ4n) is 4.23. The van der Waals surface area contributed by atoms with Crippen LogP contribution >= 0.6 is 0 Å². The highest BCUT2D eigenvalue weighted by Crippen LogP contribution is 2.30. The SMILES string of the molecule is CCCc1nc2n(c(=O)c1Cc1ccc(-c3ccccc3-c3nn[nH]n3)cc1)C(C)C(=O)N2. The van der Waals surface area contributed by atoms with Crippen molar-refractivity contribution in [2.45, 2.75) is 39.2 Å². The molecule has 166 valence electrons. The van der Waals surface area contributed by atoms with Crippen molar-refractivity contribution in [1.29, 1.82) is 0 Å². The number of nitrogens with one attached hydrogen (secondary N) is 2. The van der Waals surface area contributed by atoms with Gasteiger partial charge in [-0.15, -0.1) is 10.2 Å². The topological polar surface area (TPSA) is 118 Å². The number of nitrogens with zero attached hydrogens (tertiary/aromatic N) is 5. The minimum absolute atomic E-state index is 0.152. The quantitative estimate of drug-likeness (QED) is 0.475. The smallest absolute Gasteiger partial charge is 0.259 e. The van der Waals surface area contributed by atoms with Crippen molar-refractivity contribution in [2.75, 3.05) is 5.32 Å². The van der Waals surface area contributed by atoms with E-state index in [1.54, 1.807) is 6.92 Å². The maximum atomic E-state index is 13.3. The molecule has 0 aliphatic carbocycles. The summed E-state index contributed by atoms with van der Waals surface area (Å²) in [5.74, 6) is 0.676. The molecule has 1 amide bonds. The molecular weight excluding hydrogens is 418 g/mol. The van der Waals surface area contributed by atoms with E-state index in [-0.39, 0.29) is 11.5 Å². The summed E-state index contributed by atoms with van der Waals surface area (Å²) < 4.78 is 1.46. The van der Waals surface area contributed by atoms with Gasteiger partial charge in [0.15, 0.2) is 0 Å². The number of amides is 1. The normalized spacial score (nSPS) is 14.8. The molecule has 0 saturated carbocycles. The fraction of sp³-hybridized carbons (Fsp3) is 0.250. The van der Waals surface area contributed by atoms with E-state index in [1.165, 1.54) is 4.57 Å². The molecule has 9 nitrogen and oxygen atoms in total. The largest absolute Gasteiger partial charge is 0.294 e. The maximum Gasteiger partial charge on any atom is 0.259 e. The number of aromatic amines is 1. The van der Waals surface area contributed by atoms with Gasteiger partial charge in [0.05, 0.1) is 5.69 Å². The number of fused-ring (bicyclic) bond motifs is 1. The van der Waals surface area contributed by atoms with Crippen LogP contribution in [0.2, 0.25) is 0 Å². The molecular formula is C24H23N7O2. The molecule has 1 unspecified atom stereocenters. The van der Waals surface area contributed by atoms with Crippen molar-refractivity contribution < 1.29 is 4.79 Å². The predicted molar refractivity (Wildman–Crippen MR) is 124 cm³/mol. The van der Waals surface area contributed by atoms with Gasteiger partial charge in [0.2, 0.25) is 17.7 Å². The van der Waals surface area contributed by atoms with E-state index in [2.05, 4.69) is 30.9 Å². The van der Waals surface area contributed by atoms with Gasteiger partial charge in [-0.25, -0.2) is 4.98 Å². The Bertz CT molecular complexity index is 1380. The number of carbonyl (C=O) groups excluding carboxylic acids is 1. The van der Waals surface area contributed by atoms with Crippen LogP contribution in [-0.4, -0.2) is 36.1 Å². The molecule has 2 aromatic carbocycles. The first-order valence-corrected chi connectivity index (χ1v) is 10.9. The number of benzene rings is 2. The van der Waals surface area contributed by atoms with E-state index in [0.717, 1.165) is 34.4 Å². The number of hydrogen-bond donors (Lipinski definition) is 2. The number of tetrazole rings is 1. The first-order valence-electron chi connectivity index (χ1n) is 10.9. The summed E-state index contributed by atoms with van der Waals surface area (Å²) in [5, 5.41) is 17.1. The monoisotopic (exact) mass is 441 g/mol. The van der Waals surface area contributed by atoms with Gasteiger partial charge in [0.1, 0.15) is 6.04 Å². The van der Waals surface area contributed by atoms with E-state index < -0.39 is 6.04 Å². The minimum atomic E-state index is -0.557. The fourth-order valence-corrected chi connectivity index (χ4v) is 4.23. The Balaban J connectivity index is 1.49. The molecule has 33 heavy (non-hydrogen) atoms. The second-order valence-electron chi connectivity index (χ2n) is 8.11. The number of hydrogen-bond acceptors (Lipinski definition) is 6. The zero-order valence-electron chi connectivity index (χ0n) is 18.4. The molecule has 4 aromatic rings. The first kappa shape index (κ1) is 20.7. The second kappa shape index (κ2) is 8.42. The number of carbonyl (C=O) groups is 1. The van der Waals surface area contributed by atoms with Gasteiger partial charge in [-0.05, 0) is 35.2 Å². The molecule has 0 spiro atoms. The summed E-state index contributed by atoms with van der Waals surface area (Å²) in [4.78, 5) is 30.0. The van der Waals surface area contributed by atoms with E-state index >= 15 is 0 Å². The summed E-state index contributed by atoms with van der Waals surface area (Å²) in [7, 11) is 0. The molecule has 2 N–H and O–H groups in total. The van der Waals surface area contributed by atoms with E-state index in [1.807, 2.05) is 55.5 Å². The molecule has 5 rings (SSSR count). The summed E-state index contributed by atoms with van der Waals surface area (Å²) in [6.07, 6.45) is 1.99. The van der Waals surface area contributed by atoms with Crippen LogP contribution in [0.5, 0.6) is 0 Å². The second-order valence-corrected chi connectivity index (χ2v) is 8.11. The predicted octanol–water partition coefficient (Wildman–Crippen LogP) is 3.15. The van der Waals surface area contributed by atoms with E-state index in [0.29, 0.717) is 30.2 Å². The Morgan fingerprint density at radius 1 is 1.03 bits per heavy atom. The zero-order chi connectivity index (χ0) is 22.9. The average Bonchev–Trinajstić information content (AvgIpc) is 3.46. The number of aryl methyl sites for hydroxylation is 1. The molecule has 1 aliphatic heterocycles. The number of aromatic nitrogens is 6. The third-order valence-corrected chi connectivity index (χ3v) is 5.94. The highest BCUT2D eigenvalue weighted by Gasteiger charge is 2.30. The molecule has 2 aromatic heterocycles. The Hall–Kier alpha value is -4.14. The van der Waals surface area contributed by atoms with Gasteiger partial charge in [-0.1, -0.05) is 61.9 Å². The number of H-pyrrole nitrogens is 1. The van der Waals surface area contributed by atoms with Gasteiger partial charge in [-0.2, -0.15) is 5.21 Å². The molecule has 0 fully saturated rings. The van der Waals surface area contributed by atoms with Crippen molar-refractivity contribution in [1.82, 2.24) is 30.2 Å². The van der Waals surface area contributed by atoms with E-state index in [9.17, 15) is 9.59 Å². The van der Waals surface area contributed by atoms with Crippen LogP contribution in [0.4, 0.5) is 5.95 Å². The first-order chi connectivity index (χ1) is 16.1. The lowest BCUT2D eigenvalue weighted by Crippen LogP contribution is -2.28. The van der Waals surface area contributed by atoms with Crippen LogP contribution in [-0.2, 0) is 17.6 Å². The lowest BCUT2D eigenvalue weighted by molar-refractivity contribution is -0.117. The lowest BCUT2D eigenvalue weighted by Gasteiger charge is -2.13. The highest BCUT2D eigenvalue weighted by atomic mass is 16.2. The van der Waals surface area contributed by atoms with Crippen LogP contribution in [0, 0.1) is 0 Å². The van der Waals surface area contributed by atoms with Crippen LogP contribution in [0.25, 0.3) is 22.5 Å². The summed E-state index contributed by atoms with van der Waals surface area (Å²) >= 11 is 0. The van der Waals surface area contributed by atoms with Crippen molar-refractivity contribution in [3.63, 3.8) is 0 Å².